The van der Waals surface area contributed by atoms with Gasteiger partial charge in [-0.2, -0.15) is 0 Å². The number of hydrogen-bond acceptors (Lipinski definition) is 3. The summed E-state index contributed by atoms with van der Waals surface area (Å²) in [5.41, 5.74) is -0.193. The molecule has 1 amide bonds. The monoisotopic (exact) mass is 214 g/mol. The van der Waals surface area contributed by atoms with Crippen molar-refractivity contribution in [2.45, 2.75) is 45.2 Å². The summed E-state index contributed by atoms with van der Waals surface area (Å²) in [6, 6.07) is 0. The van der Waals surface area contributed by atoms with E-state index in [4.69, 9.17) is 4.74 Å². The van der Waals surface area contributed by atoms with E-state index in [1.807, 2.05) is 27.7 Å². The summed E-state index contributed by atoms with van der Waals surface area (Å²) < 4.78 is 5.27. The van der Waals surface area contributed by atoms with Crippen molar-refractivity contribution >= 4 is 5.91 Å². The molecule has 1 unspecified atom stereocenters. The third kappa shape index (κ3) is 4.62. The first-order chi connectivity index (χ1) is 6.81. The molecule has 0 aliphatic carbocycles. The molecule has 4 heteroatoms. The predicted molar refractivity (Wildman–Crippen MR) is 59.7 cm³/mol. The highest BCUT2D eigenvalue weighted by atomic mass is 16.5. The Bertz CT molecular complexity index is 227. The molecule has 1 fully saturated rings. The normalized spacial score (nSPS) is 26.7. The first-order valence-corrected chi connectivity index (χ1v) is 5.45. The highest BCUT2D eigenvalue weighted by Crippen LogP contribution is 2.16. The molecular formula is C11H22N2O2. The first-order valence-electron chi connectivity index (χ1n) is 5.45. The number of amides is 1. The second kappa shape index (κ2) is 4.49. The van der Waals surface area contributed by atoms with Crippen LogP contribution in [-0.4, -0.2) is 36.7 Å². The van der Waals surface area contributed by atoms with Gasteiger partial charge in [0.1, 0.15) is 0 Å². The SMILES string of the molecule is CC(C)(C)NCC(=O)NC1(C)CCOC1. The minimum absolute atomic E-state index is 0.0234. The van der Waals surface area contributed by atoms with Gasteiger partial charge in [0.05, 0.1) is 18.7 Å². The number of carbonyl (C=O) groups is 1. The van der Waals surface area contributed by atoms with Crippen molar-refractivity contribution in [3.63, 3.8) is 0 Å². The van der Waals surface area contributed by atoms with Crippen molar-refractivity contribution in [2.24, 2.45) is 0 Å². The molecule has 0 aromatic carbocycles. The highest BCUT2D eigenvalue weighted by Gasteiger charge is 2.31. The number of ether oxygens (including phenoxy) is 1. The maximum atomic E-state index is 11.6. The Labute approximate surface area is 91.8 Å². The summed E-state index contributed by atoms with van der Waals surface area (Å²) in [7, 11) is 0. The van der Waals surface area contributed by atoms with Crippen LogP contribution in [0.4, 0.5) is 0 Å². The van der Waals surface area contributed by atoms with E-state index in [0.717, 1.165) is 13.0 Å². The van der Waals surface area contributed by atoms with Gasteiger partial charge in [-0.3, -0.25) is 4.79 Å². The Morgan fingerprint density at radius 2 is 2.13 bits per heavy atom. The Morgan fingerprint density at radius 3 is 2.60 bits per heavy atom. The third-order valence-electron chi connectivity index (χ3n) is 2.44. The maximum Gasteiger partial charge on any atom is 0.234 e. The van der Waals surface area contributed by atoms with Crippen molar-refractivity contribution in [2.75, 3.05) is 19.8 Å². The van der Waals surface area contributed by atoms with Gasteiger partial charge in [0.2, 0.25) is 5.91 Å². The highest BCUT2D eigenvalue weighted by molar-refractivity contribution is 5.78. The summed E-state index contributed by atoms with van der Waals surface area (Å²) in [6.45, 7) is 9.87. The molecule has 0 bridgehead atoms. The van der Waals surface area contributed by atoms with Crippen molar-refractivity contribution in [1.82, 2.24) is 10.6 Å². The first kappa shape index (κ1) is 12.5. The maximum absolute atomic E-state index is 11.6. The fourth-order valence-electron chi connectivity index (χ4n) is 1.49. The van der Waals surface area contributed by atoms with Crippen LogP contribution in [-0.2, 0) is 9.53 Å². The molecule has 1 heterocycles. The van der Waals surface area contributed by atoms with Gasteiger partial charge >= 0.3 is 0 Å². The van der Waals surface area contributed by atoms with E-state index in [1.165, 1.54) is 0 Å². The van der Waals surface area contributed by atoms with E-state index in [9.17, 15) is 4.79 Å². The van der Waals surface area contributed by atoms with Crippen LogP contribution >= 0.6 is 0 Å². The molecule has 0 spiro atoms. The summed E-state index contributed by atoms with van der Waals surface area (Å²) in [5, 5.41) is 6.16. The van der Waals surface area contributed by atoms with Crippen molar-refractivity contribution in [1.29, 1.82) is 0 Å². The summed E-state index contributed by atoms with van der Waals surface area (Å²) in [6.07, 6.45) is 0.897. The number of hydrogen-bond donors (Lipinski definition) is 2. The van der Waals surface area contributed by atoms with Crippen LogP contribution in [0.5, 0.6) is 0 Å². The fourth-order valence-corrected chi connectivity index (χ4v) is 1.49. The van der Waals surface area contributed by atoms with Crippen LogP contribution in [0.2, 0.25) is 0 Å². The molecular weight excluding hydrogens is 192 g/mol. The molecule has 1 aliphatic heterocycles. The van der Waals surface area contributed by atoms with Gasteiger partial charge in [-0.15, -0.1) is 0 Å². The van der Waals surface area contributed by atoms with Gasteiger partial charge < -0.3 is 15.4 Å². The molecule has 88 valence electrons. The van der Waals surface area contributed by atoms with Crippen LogP contribution in [0.15, 0.2) is 0 Å². The van der Waals surface area contributed by atoms with Gasteiger partial charge in [-0.05, 0) is 34.1 Å². The van der Waals surface area contributed by atoms with E-state index in [1.54, 1.807) is 0 Å². The number of carbonyl (C=O) groups excluding carboxylic acids is 1. The molecule has 1 rings (SSSR count). The minimum Gasteiger partial charge on any atom is -0.379 e. The van der Waals surface area contributed by atoms with Gasteiger partial charge in [0.25, 0.3) is 0 Å². The quantitative estimate of drug-likeness (QED) is 0.726. The van der Waals surface area contributed by atoms with Crippen LogP contribution in [0.1, 0.15) is 34.1 Å². The van der Waals surface area contributed by atoms with Gasteiger partial charge in [-0.25, -0.2) is 0 Å². The lowest BCUT2D eigenvalue weighted by atomic mass is 10.0. The van der Waals surface area contributed by atoms with E-state index in [0.29, 0.717) is 13.2 Å². The largest absolute Gasteiger partial charge is 0.379 e. The third-order valence-corrected chi connectivity index (χ3v) is 2.44. The topological polar surface area (TPSA) is 50.4 Å². The predicted octanol–water partition coefficient (Wildman–Crippen LogP) is 0.670. The molecule has 0 aromatic heterocycles. The van der Waals surface area contributed by atoms with Crippen molar-refractivity contribution in [3.05, 3.63) is 0 Å². The van der Waals surface area contributed by atoms with Gasteiger partial charge in [0, 0.05) is 12.1 Å². The second-order valence-corrected chi connectivity index (χ2v) is 5.51. The summed E-state index contributed by atoms with van der Waals surface area (Å²) in [4.78, 5) is 11.6. The smallest absolute Gasteiger partial charge is 0.234 e. The Balaban J connectivity index is 2.30. The lowest BCUT2D eigenvalue weighted by molar-refractivity contribution is -0.122. The lowest BCUT2D eigenvalue weighted by Gasteiger charge is -2.25. The zero-order valence-electron chi connectivity index (χ0n) is 10.1. The summed E-state index contributed by atoms with van der Waals surface area (Å²) in [5.74, 6) is 0.0397. The van der Waals surface area contributed by atoms with Crippen molar-refractivity contribution in [3.8, 4) is 0 Å². The zero-order valence-corrected chi connectivity index (χ0v) is 10.1. The molecule has 4 nitrogen and oxygen atoms in total. The molecule has 1 atom stereocenters. The molecule has 1 saturated heterocycles. The van der Waals surface area contributed by atoms with Gasteiger partial charge in [0.15, 0.2) is 0 Å². The Hall–Kier alpha value is -0.610. The van der Waals surface area contributed by atoms with Crippen LogP contribution in [0.25, 0.3) is 0 Å². The fraction of sp³-hybridized carbons (Fsp3) is 0.909. The molecule has 15 heavy (non-hydrogen) atoms. The summed E-state index contributed by atoms with van der Waals surface area (Å²) >= 11 is 0. The standard InChI is InChI=1S/C11H22N2O2/c1-10(2,3)12-7-9(14)13-11(4)5-6-15-8-11/h12H,5-8H2,1-4H3,(H,13,14). The molecule has 0 aromatic rings. The van der Waals surface area contributed by atoms with Gasteiger partial charge in [-0.1, -0.05) is 0 Å². The van der Waals surface area contributed by atoms with E-state index in [-0.39, 0.29) is 17.0 Å². The average molecular weight is 214 g/mol. The molecule has 0 saturated carbocycles. The average Bonchev–Trinajstić information content (AvgIpc) is 2.47. The van der Waals surface area contributed by atoms with Crippen LogP contribution in [0, 0.1) is 0 Å². The number of rotatable bonds is 3. The van der Waals surface area contributed by atoms with E-state index < -0.39 is 0 Å². The molecule has 2 N–H and O–H groups in total. The minimum atomic E-state index is -0.170. The van der Waals surface area contributed by atoms with E-state index in [2.05, 4.69) is 10.6 Å². The second-order valence-electron chi connectivity index (χ2n) is 5.51. The molecule has 0 radical (unpaired) electrons. The van der Waals surface area contributed by atoms with Crippen LogP contribution < -0.4 is 10.6 Å². The van der Waals surface area contributed by atoms with Crippen LogP contribution in [0.3, 0.4) is 0 Å². The Kier molecular flexibility index (Phi) is 3.73. The molecule has 1 aliphatic rings. The zero-order chi connectivity index (χ0) is 11.5. The lowest BCUT2D eigenvalue weighted by Crippen LogP contribution is -2.51. The van der Waals surface area contributed by atoms with Crippen molar-refractivity contribution < 1.29 is 9.53 Å². The Morgan fingerprint density at radius 1 is 1.47 bits per heavy atom. The number of nitrogens with one attached hydrogen (secondary N) is 2. The van der Waals surface area contributed by atoms with E-state index >= 15 is 0 Å².